The van der Waals surface area contributed by atoms with Crippen LogP contribution in [0.25, 0.3) is 0 Å². The van der Waals surface area contributed by atoms with E-state index in [-0.39, 0.29) is 12.6 Å². The lowest BCUT2D eigenvalue weighted by Gasteiger charge is -2.17. The van der Waals surface area contributed by atoms with Gasteiger partial charge >= 0.3 is 6.03 Å². The van der Waals surface area contributed by atoms with Gasteiger partial charge in [0.2, 0.25) is 0 Å². The molecule has 0 bridgehead atoms. The van der Waals surface area contributed by atoms with Crippen LogP contribution in [0.5, 0.6) is 0 Å². The van der Waals surface area contributed by atoms with E-state index >= 15 is 0 Å². The molecule has 2 N–H and O–H groups in total. The third kappa shape index (κ3) is 3.24. The highest BCUT2D eigenvalue weighted by Gasteiger charge is 2.07. The van der Waals surface area contributed by atoms with Gasteiger partial charge in [0, 0.05) is 19.3 Å². The number of rotatable bonds is 3. The smallest absolute Gasteiger partial charge is 0.321 e. The molecule has 0 saturated heterocycles. The van der Waals surface area contributed by atoms with Gasteiger partial charge in [0.15, 0.2) is 0 Å². The highest BCUT2D eigenvalue weighted by Crippen LogP contribution is 2.14. The Morgan fingerprint density at radius 1 is 1.38 bits per heavy atom. The Morgan fingerprint density at radius 2 is 2.06 bits per heavy atom. The molecule has 0 atom stereocenters. The standard InChI is InChI=1S/C12H18N2O2/c1-9-4-5-11(8-10(9)2)13-12(16)14(3)6-7-15/h4-5,8,15H,6-7H2,1-3H3,(H,13,16). The van der Waals surface area contributed by atoms with E-state index in [0.717, 1.165) is 11.3 Å². The quantitative estimate of drug-likeness (QED) is 0.818. The highest BCUT2D eigenvalue weighted by atomic mass is 16.3. The van der Waals surface area contributed by atoms with Crippen molar-refractivity contribution in [3.8, 4) is 0 Å². The minimum Gasteiger partial charge on any atom is -0.395 e. The number of amides is 2. The van der Waals surface area contributed by atoms with Crippen molar-refractivity contribution in [3.63, 3.8) is 0 Å². The number of hydrogen-bond acceptors (Lipinski definition) is 2. The maximum absolute atomic E-state index is 11.6. The van der Waals surface area contributed by atoms with Gasteiger partial charge < -0.3 is 15.3 Å². The number of carbonyl (C=O) groups excluding carboxylic acids is 1. The van der Waals surface area contributed by atoms with Gasteiger partial charge in [-0.3, -0.25) is 0 Å². The van der Waals surface area contributed by atoms with Crippen molar-refractivity contribution < 1.29 is 9.90 Å². The molecule has 0 aliphatic carbocycles. The minimum absolute atomic E-state index is 0.0309. The first-order chi connectivity index (χ1) is 7.54. The molecule has 16 heavy (non-hydrogen) atoms. The van der Waals surface area contributed by atoms with Crippen molar-refractivity contribution in [1.82, 2.24) is 4.90 Å². The van der Waals surface area contributed by atoms with Crippen molar-refractivity contribution >= 4 is 11.7 Å². The molecule has 0 radical (unpaired) electrons. The first kappa shape index (κ1) is 12.5. The first-order valence-corrected chi connectivity index (χ1v) is 5.25. The summed E-state index contributed by atoms with van der Waals surface area (Å²) in [4.78, 5) is 13.0. The van der Waals surface area contributed by atoms with E-state index in [1.807, 2.05) is 32.0 Å². The van der Waals surface area contributed by atoms with Crippen LogP contribution in [0.3, 0.4) is 0 Å². The predicted molar refractivity (Wildman–Crippen MR) is 64.7 cm³/mol. The number of nitrogens with one attached hydrogen (secondary N) is 1. The number of aryl methyl sites for hydroxylation is 2. The van der Waals surface area contributed by atoms with Gasteiger partial charge in [0.25, 0.3) is 0 Å². The summed E-state index contributed by atoms with van der Waals surface area (Å²) < 4.78 is 0. The lowest BCUT2D eigenvalue weighted by molar-refractivity contribution is 0.202. The fourth-order valence-electron chi connectivity index (χ4n) is 1.29. The summed E-state index contributed by atoms with van der Waals surface area (Å²) in [6, 6.07) is 5.56. The van der Waals surface area contributed by atoms with Gasteiger partial charge in [-0.1, -0.05) is 6.07 Å². The Balaban J connectivity index is 2.66. The lowest BCUT2D eigenvalue weighted by atomic mass is 10.1. The number of aliphatic hydroxyl groups is 1. The van der Waals surface area contributed by atoms with Crippen LogP contribution >= 0.6 is 0 Å². The average molecular weight is 222 g/mol. The molecule has 0 unspecified atom stereocenters. The van der Waals surface area contributed by atoms with Gasteiger partial charge in [-0.2, -0.15) is 0 Å². The molecule has 0 aliphatic heterocycles. The number of likely N-dealkylation sites (N-methyl/N-ethyl adjacent to an activating group) is 1. The highest BCUT2D eigenvalue weighted by molar-refractivity contribution is 5.89. The molecule has 88 valence electrons. The van der Waals surface area contributed by atoms with E-state index in [0.29, 0.717) is 6.54 Å². The fourth-order valence-corrected chi connectivity index (χ4v) is 1.29. The molecule has 0 saturated carbocycles. The molecule has 0 fully saturated rings. The first-order valence-electron chi connectivity index (χ1n) is 5.25. The molecule has 0 spiro atoms. The van der Waals surface area contributed by atoms with Crippen molar-refractivity contribution in [3.05, 3.63) is 29.3 Å². The number of benzene rings is 1. The van der Waals surface area contributed by atoms with Crippen molar-refractivity contribution in [2.24, 2.45) is 0 Å². The molecule has 4 nitrogen and oxygen atoms in total. The monoisotopic (exact) mass is 222 g/mol. The zero-order valence-corrected chi connectivity index (χ0v) is 9.95. The second kappa shape index (κ2) is 5.51. The fraction of sp³-hybridized carbons (Fsp3) is 0.417. The lowest BCUT2D eigenvalue weighted by Crippen LogP contribution is -2.33. The minimum atomic E-state index is -0.211. The molecule has 4 heteroatoms. The zero-order valence-electron chi connectivity index (χ0n) is 9.95. The van der Waals surface area contributed by atoms with E-state index in [1.165, 1.54) is 10.5 Å². The van der Waals surface area contributed by atoms with Crippen LogP contribution in [-0.2, 0) is 0 Å². The normalized spacial score (nSPS) is 10.0. The molecular weight excluding hydrogens is 204 g/mol. The second-order valence-corrected chi connectivity index (χ2v) is 3.87. The molecule has 2 amide bonds. The van der Waals surface area contributed by atoms with Crippen molar-refractivity contribution in [2.45, 2.75) is 13.8 Å². The number of anilines is 1. The van der Waals surface area contributed by atoms with Crippen LogP contribution in [0.1, 0.15) is 11.1 Å². The Kier molecular flexibility index (Phi) is 4.31. The third-order valence-corrected chi connectivity index (χ3v) is 2.54. The summed E-state index contributed by atoms with van der Waals surface area (Å²) in [7, 11) is 1.65. The summed E-state index contributed by atoms with van der Waals surface area (Å²) in [5.41, 5.74) is 3.11. The number of hydrogen-bond donors (Lipinski definition) is 2. The van der Waals surface area contributed by atoms with Crippen molar-refractivity contribution in [2.75, 3.05) is 25.5 Å². The van der Waals surface area contributed by atoms with E-state index in [2.05, 4.69) is 5.32 Å². The van der Waals surface area contributed by atoms with Crippen LogP contribution in [-0.4, -0.2) is 36.2 Å². The summed E-state index contributed by atoms with van der Waals surface area (Å²) >= 11 is 0. The van der Waals surface area contributed by atoms with E-state index in [9.17, 15) is 4.79 Å². The number of carbonyl (C=O) groups is 1. The second-order valence-electron chi connectivity index (χ2n) is 3.87. The Bertz CT molecular complexity index is 377. The molecule has 0 aromatic heterocycles. The Morgan fingerprint density at radius 3 is 2.62 bits per heavy atom. The van der Waals surface area contributed by atoms with Crippen LogP contribution in [0.15, 0.2) is 18.2 Å². The summed E-state index contributed by atoms with van der Waals surface area (Å²) in [6.45, 7) is 4.33. The number of nitrogens with zero attached hydrogens (tertiary/aromatic N) is 1. The third-order valence-electron chi connectivity index (χ3n) is 2.54. The largest absolute Gasteiger partial charge is 0.395 e. The molecule has 0 aliphatic rings. The summed E-state index contributed by atoms with van der Waals surface area (Å²) in [6.07, 6.45) is 0. The molecule has 1 rings (SSSR count). The number of urea groups is 1. The molecule has 0 heterocycles. The van der Waals surface area contributed by atoms with E-state index in [4.69, 9.17) is 5.11 Å². The van der Waals surface area contributed by atoms with Crippen LogP contribution in [0.2, 0.25) is 0 Å². The maximum atomic E-state index is 11.6. The predicted octanol–water partition coefficient (Wildman–Crippen LogP) is 1.76. The Labute approximate surface area is 95.9 Å². The topological polar surface area (TPSA) is 52.6 Å². The van der Waals surface area contributed by atoms with Gasteiger partial charge in [0.05, 0.1) is 6.61 Å². The zero-order chi connectivity index (χ0) is 12.1. The summed E-state index contributed by atoms with van der Waals surface area (Å²) in [5, 5.41) is 11.5. The average Bonchev–Trinajstić information content (AvgIpc) is 2.24. The van der Waals surface area contributed by atoms with Gasteiger partial charge in [-0.05, 0) is 37.1 Å². The Hall–Kier alpha value is -1.55. The molecular formula is C12H18N2O2. The van der Waals surface area contributed by atoms with Crippen LogP contribution in [0.4, 0.5) is 10.5 Å². The van der Waals surface area contributed by atoms with Gasteiger partial charge in [-0.25, -0.2) is 4.79 Å². The van der Waals surface area contributed by atoms with Crippen LogP contribution in [0, 0.1) is 13.8 Å². The van der Waals surface area contributed by atoms with E-state index in [1.54, 1.807) is 7.05 Å². The van der Waals surface area contributed by atoms with Gasteiger partial charge in [0.1, 0.15) is 0 Å². The molecule has 1 aromatic rings. The number of aliphatic hydroxyl groups excluding tert-OH is 1. The maximum Gasteiger partial charge on any atom is 0.321 e. The summed E-state index contributed by atoms with van der Waals surface area (Å²) in [5.74, 6) is 0. The van der Waals surface area contributed by atoms with Crippen molar-refractivity contribution in [1.29, 1.82) is 0 Å². The van der Waals surface area contributed by atoms with E-state index < -0.39 is 0 Å². The van der Waals surface area contributed by atoms with Crippen LogP contribution < -0.4 is 5.32 Å². The molecule has 1 aromatic carbocycles. The van der Waals surface area contributed by atoms with Gasteiger partial charge in [-0.15, -0.1) is 0 Å². The SMILES string of the molecule is Cc1ccc(NC(=O)N(C)CCO)cc1C.